The van der Waals surface area contributed by atoms with E-state index < -0.39 is 4.92 Å². The zero-order chi connectivity index (χ0) is 16.8. The molecule has 23 heavy (non-hydrogen) atoms. The van der Waals surface area contributed by atoms with Gasteiger partial charge in [-0.15, -0.1) is 0 Å². The van der Waals surface area contributed by atoms with Crippen LogP contribution in [0.3, 0.4) is 0 Å². The van der Waals surface area contributed by atoms with Crippen molar-refractivity contribution in [2.75, 3.05) is 14.1 Å². The molecule has 0 spiro atoms. The van der Waals surface area contributed by atoms with Crippen molar-refractivity contribution in [1.29, 1.82) is 0 Å². The highest BCUT2D eigenvalue weighted by Gasteiger charge is 2.06. The fraction of sp³-hybridized carbons (Fsp3) is 0.118. The predicted molar refractivity (Wildman–Crippen MR) is 86.8 cm³/mol. The Morgan fingerprint density at radius 2 is 1.57 bits per heavy atom. The van der Waals surface area contributed by atoms with E-state index in [4.69, 9.17) is 4.74 Å². The molecule has 2 aromatic carbocycles. The molecule has 6 heteroatoms. The Bertz CT molecular complexity index is 719. The van der Waals surface area contributed by atoms with Crippen molar-refractivity contribution in [2.45, 2.75) is 0 Å². The highest BCUT2D eigenvalue weighted by atomic mass is 16.6. The number of benzene rings is 2. The van der Waals surface area contributed by atoms with Crippen LogP contribution in [0, 0.1) is 10.1 Å². The molecular weight excluding hydrogens is 296 g/mol. The van der Waals surface area contributed by atoms with Crippen LogP contribution < -0.4 is 4.74 Å². The lowest BCUT2D eigenvalue weighted by atomic mass is 10.1. The Balaban J connectivity index is 2.05. The van der Waals surface area contributed by atoms with Gasteiger partial charge < -0.3 is 9.64 Å². The summed E-state index contributed by atoms with van der Waals surface area (Å²) in [5, 5.41) is 10.6. The molecule has 118 valence electrons. The number of nitro groups is 1. The summed E-state index contributed by atoms with van der Waals surface area (Å²) in [4.78, 5) is 23.8. The standard InChI is InChI=1S/C17H16N2O4/c1-18(2)12-11-17(20)13-3-7-15(8-4-13)23-16-9-5-14(6-10-16)19(21)22/h3-12H,1-2H3. The summed E-state index contributed by atoms with van der Waals surface area (Å²) in [6.45, 7) is 0. The molecule has 6 nitrogen and oxygen atoms in total. The van der Waals surface area contributed by atoms with Crippen LogP contribution in [0.4, 0.5) is 5.69 Å². The molecule has 0 saturated carbocycles. The summed E-state index contributed by atoms with van der Waals surface area (Å²) in [5.74, 6) is 0.940. The van der Waals surface area contributed by atoms with Gasteiger partial charge in [0.1, 0.15) is 11.5 Å². The average Bonchev–Trinajstić information content (AvgIpc) is 2.54. The lowest BCUT2D eigenvalue weighted by Crippen LogP contribution is -2.03. The summed E-state index contributed by atoms with van der Waals surface area (Å²) in [7, 11) is 3.68. The number of non-ortho nitro benzene ring substituents is 1. The third-order valence-electron chi connectivity index (χ3n) is 2.95. The first kappa shape index (κ1) is 16.2. The monoisotopic (exact) mass is 312 g/mol. The fourth-order valence-corrected chi connectivity index (χ4v) is 1.77. The van der Waals surface area contributed by atoms with E-state index in [1.807, 2.05) is 14.1 Å². The summed E-state index contributed by atoms with van der Waals surface area (Å²) >= 11 is 0. The van der Waals surface area contributed by atoms with E-state index in [2.05, 4.69) is 0 Å². The molecule has 0 N–H and O–H groups in total. The molecule has 0 amide bonds. The zero-order valence-corrected chi connectivity index (χ0v) is 12.8. The summed E-state index contributed by atoms with van der Waals surface area (Å²) in [6.07, 6.45) is 3.18. The Morgan fingerprint density at radius 3 is 2.04 bits per heavy atom. The summed E-state index contributed by atoms with van der Waals surface area (Å²) in [5.41, 5.74) is 0.560. The van der Waals surface area contributed by atoms with Crippen LogP contribution in [-0.2, 0) is 0 Å². The smallest absolute Gasteiger partial charge is 0.269 e. The topological polar surface area (TPSA) is 72.7 Å². The van der Waals surface area contributed by atoms with Crippen LogP contribution >= 0.6 is 0 Å². The molecule has 0 saturated heterocycles. The van der Waals surface area contributed by atoms with Gasteiger partial charge in [0.05, 0.1) is 4.92 Å². The van der Waals surface area contributed by atoms with E-state index in [1.54, 1.807) is 35.4 Å². The van der Waals surface area contributed by atoms with E-state index in [-0.39, 0.29) is 11.5 Å². The van der Waals surface area contributed by atoms with Crippen LogP contribution in [0.5, 0.6) is 11.5 Å². The quantitative estimate of drug-likeness (QED) is 0.352. The molecule has 0 unspecified atom stereocenters. The van der Waals surface area contributed by atoms with Crippen molar-refractivity contribution in [2.24, 2.45) is 0 Å². The minimum absolute atomic E-state index is 0.00553. The number of ether oxygens (including phenoxy) is 1. The molecule has 0 aliphatic heterocycles. The molecule has 0 atom stereocenters. The fourth-order valence-electron chi connectivity index (χ4n) is 1.77. The van der Waals surface area contributed by atoms with Crippen LogP contribution in [-0.4, -0.2) is 29.7 Å². The SMILES string of the molecule is CN(C)C=CC(=O)c1ccc(Oc2ccc([N+](=O)[O-])cc2)cc1. The van der Waals surface area contributed by atoms with Gasteiger partial charge in [-0.05, 0) is 36.4 Å². The van der Waals surface area contributed by atoms with Crippen molar-refractivity contribution in [1.82, 2.24) is 4.90 Å². The average molecular weight is 312 g/mol. The molecule has 2 aromatic rings. The summed E-state index contributed by atoms with van der Waals surface area (Å²) < 4.78 is 5.59. The highest BCUT2D eigenvalue weighted by molar-refractivity contribution is 6.04. The first-order valence-electron chi connectivity index (χ1n) is 6.87. The lowest BCUT2D eigenvalue weighted by molar-refractivity contribution is -0.384. The molecule has 0 radical (unpaired) electrons. The molecule has 0 heterocycles. The van der Waals surface area contributed by atoms with E-state index in [1.165, 1.54) is 30.3 Å². The predicted octanol–water partition coefficient (Wildman–Crippen LogP) is 3.65. The van der Waals surface area contributed by atoms with Gasteiger partial charge in [0.2, 0.25) is 0 Å². The number of hydrogen-bond acceptors (Lipinski definition) is 5. The second-order valence-corrected chi connectivity index (χ2v) is 5.02. The maximum absolute atomic E-state index is 11.9. The third-order valence-corrected chi connectivity index (χ3v) is 2.95. The molecule has 0 aliphatic rings. The number of ketones is 1. The van der Waals surface area contributed by atoms with Gasteiger partial charge >= 0.3 is 0 Å². The second-order valence-electron chi connectivity index (χ2n) is 5.02. The lowest BCUT2D eigenvalue weighted by Gasteiger charge is -2.06. The van der Waals surface area contributed by atoms with Crippen molar-refractivity contribution in [3.63, 3.8) is 0 Å². The number of allylic oxidation sites excluding steroid dienone is 1. The Hall–Kier alpha value is -3.15. The number of nitro benzene ring substituents is 1. The van der Waals surface area contributed by atoms with E-state index in [0.29, 0.717) is 17.1 Å². The highest BCUT2D eigenvalue weighted by Crippen LogP contribution is 2.24. The first-order valence-corrected chi connectivity index (χ1v) is 6.87. The van der Waals surface area contributed by atoms with Crippen LogP contribution in [0.15, 0.2) is 60.8 Å². The maximum atomic E-state index is 11.9. The normalized spacial score (nSPS) is 10.5. The van der Waals surface area contributed by atoms with E-state index in [9.17, 15) is 14.9 Å². The first-order chi connectivity index (χ1) is 11.0. The van der Waals surface area contributed by atoms with Crippen LogP contribution in [0.25, 0.3) is 0 Å². The van der Waals surface area contributed by atoms with Gasteiger partial charge in [-0.25, -0.2) is 0 Å². The van der Waals surface area contributed by atoms with Crippen LogP contribution in [0.2, 0.25) is 0 Å². The number of carbonyl (C=O) groups excluding carboxylic acids is 1. The van der Waals surface area contributed by atoms with Crippen molar-refractivity contribution < 1.29 is 14.5 Å². The minimum Gasteiger partial charge on any atom is -0.457 e. The largest absolute Gasteiger partial charge is 0.457 e. The number of nitrogens with zero attached hydrogens (tertiary/aromatic N) is 2. The molecule has 2 rings (SSSR count). The van der Waals surface area contributed by atoms with Crippen molar-refractivity contribution >= 4 is 11.5 Å². The number of carbonyl (C=O) groups is 1. The number of rotatable bonds is 6. The molecule has 0 aromatic heterocycles. The third kappa shape index (κ3) is 4.67. The van der Waals surface area contributed by atoms with Gasteiger partial charge in [-0.1, -0.05) is 0 Å². The van der Waals surface area contributed by atoms with Crippen molar-refractivity contribution in [3.05, 3.63) is 76.5 Å². The van der Waals surface area contributed by atoms with Gasteiger partial charge in [0.25, 0.3) is 5.69 Å². The van der Waals surface area contributed by atoms with E-state index in [0.717, 1.165) is 0 Å². The minimum atomic E-state index is -0.467. The Kier molecular flexibility index (Phi) is 5.09. The molecule has 0 fully saturated rings. The van der Waals surface area contributed by atoms with Gasteiger partial charge in [-0.2, -0.15) is 0 Å². The molecule has 0 aliphatic carbocycles. The van der Waals surface area contributed by atoms with Crippen molar-refractivity contribution in [3.8, 4) is 11.5 Å². The number of hydrogen-bond donors (Lipinski definition) is 0. The Labute approximate surface area is 133 Å². The zero-order valence-electron chi connectivity index (χ0n) is 12.8. The van der Waals surface area contributed by atoms with Gasteiger partial charge in [-0.3, -0.25) is 14.9 Å². The van der Waals surface area contributed by atoms with E-state index >= 15 is 0 Å². The maximum Gasteiger partial charge on any atom is 0.269 e. The molecular formula is C17H16N2O4. The van der Waals surface area contributed by atoms with Gasteiger partial charge in [0.15, 0.2) is 5.78 Å². The molecule has 0 bridgehead atoms. The second kappa shape index (κ2) is 7.22. The Morgan fingerprint density at radius 1 is 1.04 bits per heavy atom. The van der Waals surface area contributed by atoms with Gasteiger partial charge in [0, 0.05) is 44.1 Å². The van der Waals surface area contributed by atoms with Crippen LogP contribution in [0.1, 0.15) is 10.4 Å². The summed E-state index contributed by atoms with van der Waals surface area (Å²) in [6, 6.07) is 12.5.